The number of imidazole rings is 1. The van der Waals surface area contributed by atoms with Crippen molar-refractivity contribution in [3.05, 3.63) is 66.0 Å². The number of carbonyl (C=O) groups is 1. The molecule has 1 amide bonds. The third-order valence-corrected chi connectivity index (χ3v) is 5.49. The molecule has 1 saturated heterocycles. The lowest BCUT2D eigenvalue weighted by atomic mass is 10.2. The van der Waals surface area contributed by atoms with Crippen LogP contribution in [0.25, 0.3) is 11.0 Å². The Balaban J connectivity index is 1.11. The van der Waals surface area contributed by atoms with E-state index < -0.39 is 0 Å². The zero-order valence-electron chi connectivity index (χ0n) is 16.8. The first-order valence-corrected chi connectivity index (χ1v) is 10.5. The molecule has 3 aromatic rings. The maximum absolute atomic E-state index is 12.1. The maximum atomic E-state index is 12.1. The van der Waals surface area contributed by atoms with E-state index in [1.54, 1.807) is 0 Å². The monoisotopic (exact) mass is 391 g/mol. The summed E-state index contributed by atoms with van der Waals surface area (Å²) in [6.07, 6.45) is 1.10. The number of fused-ring (bicyclic) bond motifs is 1. The van der Waals surface area contributed by atoms with Crippen molar-refractivity contribution in [1.82, 2.24) is 25.1 Å². The first-order chi connectivity index (χ1) is 14.3. The number of H-pyrrole nitrogens is 1. The molecule has 0 atom stereocenters. The van der Waals surface area contributed by atoms with Crippen molar-refractivity contribution >= 4 is 16.9 Å². The number of nitrogens with one attached hydrogen (secondary N) is 2. The predicted molar refractivity (Wildman–Crippen MR) is 116 cm³/mol. The lowest BCUT2D eigenvalue weighted by Gasteiger charge is -2.34. The molecule has 0 spiro atoms. The fourth-order valence-electron chi connectivity index (χ4n) is 3.81. The summed E-state index contributed by atoms with van der Waals surface area (Å²) >= 11 is 0. The summed E-state index contributed by atoms with van der Waals surface area (Å²) in [5.74, 6) is 0.962. The van der Waals surface area contributed by atoms with E-state index in [4.69, 9.17) is 0 Å². The summed E-state index contributed by atoms with van der Waals surface area (Å²) < 4.78 is 0. The molecule has 1 fully saturated rings. The van der Waals surface area contributed by atoms with Crippen LogP contribution >= 0.6 is 0 Å². The molecule has 0 aliphatic carbocycles. The Morgan fingerprint density at radius 1 is 0.966 bits per heavy atom. The first kappa shape index (κ1) is 19.6. The van der Waals surface area contributed by atoms with Gasteiger partial charge < -0.3 is 10.3 Å². The van der Waals surface area contributed by atoms with Gasteiger partial charge >= 0.3 is 0 Å². The normalized spacial score (nSPS) is 15.6. The highest BCUT2D eigenvalue weighted by molar-refractivity contribution is 5.77. The first-order valence-electron chi connectivity index (χ1n) is 10.5. The Hall–Kier alpha value is -2.70. The van der Waals surface area contributed by atoms with E-state index in [-0.39, 0.29) is 5.91 Å². The van der Waals surface area contributed by atoms with Crippen molar-refractivity contribution in [3.63, 3.8) is 0 Å². The zero-order chi connectivity index (χ0) is 19.9. The second-order valence-corrected chi connectivity index (χ2v) is 7.65. The number of rotatable bonds is 8. The van der Waals surface area contributed by atoms with Gasteiger partial charge in [-0.05, 0) is 17.7 Å². The van der Waals surface area contributed by atoms with Crippen LogP contribution in [0.15, 0.2) is 54.6 Å². The molecule has 152 valence electrons. The summed E-state index contributed by atoms with van der Waals surface area (Å²) in [4.78, 5) is 24.9. The second-order valence-electron chi connectivity index (χ2n) is 7.65. The van der Waals surface area contributed by atoms with Crippen molar-refractivity contribution in [3.8, 4) is 0 Å². The number of aromatic nitrogens is 2. The van der Waals surface area contributed by atoms with Crippen molar-refractivity contribution in [2.75, 3.05) is 39.3 Å². The Labute approximate surface area is 171 Å². The van der Waals surface area contributed by atoms with Crippen molar-refractivity contribution in [1.29, 1.82) is 0 Å². The maximum Gasteiger partial charge on any atom is 0.220 e. The van der Waals surface area contributed by atoms with Crippen molar-refractivity contribution < 1.29 is 4.79 Å². The molecule has 2 aromatic carbocycles. The number of nitrogens with zero attached hydrogens (tertiary/aromatic N) is 3. The third-order valence-electron chi connectivity index (χ3n) is 5.49. The van der Waals surface area contributed by atoms with Crippen LogP contribution in [0.5, 0.6) is 0 Å². The van der Waals surface area contributed by atoms with Gasteiger partial charge in [0.15, 0.2) is 0 Å². The summed E-state index contributed by atoms with van der Waals surface area (Å²) in [5, 5.41) is 3.05. The van der Waals surface area contributed by atoms with Crippen LogP contribution in [0.3, 0.4) is 0 Å². The Bertz CT molecular complexity index is 882. The van der Waals surface area contributed by atoms with E-state index in [9.17, 15) is 4.79 Å². The van der Waals surface area contributed by atoms with Crippen LogP contribution in [0.2, 0.25) is 0 Å². The van der Waals surface area contributed by atoms with Crippen LogP contribution < -0.4 is 5.32 Å². The molecule has 1 aliphatic rings. The van der Waals surface area contributed by atoms with Gasteiger partial charge in [0.25, 0.3) is 0 Å². The number of hydrogen-bond acceptors (Lipinski definition) is 4. The highest BCUT2D eigenvalue weighted by Gasteiger charge is 2.16. The number of aromatic amines is 1. The van der Waals surface area contributed by atoms with E-state index in [1.807, 2.05) is 24.3 Å². The van der Waals surface area contributed by atoms with Crippen LogP contribution in [0, 0.1) is 0 Å². The molecule has 2 heterocycles. The van der Waals surface area contributed by atoms with Crippen LogP contribution in [-0.2, 0) is 17.8 Å². The number of para-hydroxylation sites is 2. The smallest absolute Gasteiger partial charge is 0.220 e. The average molecular weight is 392 g/mol. The van der Waals surface area contributed by atoms with E-state index in [0.717, 1.165) is 56.1 Å². The van der Waals surface area contributed by atoms with Gasteiger partial charge in [-0.25, -0.2) is 4.98 Å². The molecule has 0 saturated carbocycles. The summed E-state index contributed by atoms with van der Waals surface area (Å²) in [5.41, 5.74) is 3.35. The second kappa shape index (κ2) is 9.67. The number of benzene rings is 2. The van der Waals surface area contributed by atoms with Gasteiger partial charge in [-0.15, -0.1) is 0 Å². The number of piperazine rings is 1. The Morgan fingerprint density at radius 3 is 2.48 bits per heavy atom. The molecule has 4 rings (SSSR count). The van der Waals surface area contributed by atoms with Gasteiger partial charge in [0, 0.05) is 58.7 Å². The van der Waals surface area contributed by atoms with Crippen LogP contribution in [-0.4, -0.2) is 64.9 Å². The highest BCUT2D eigenvalue weighted by atomic mass is 16.1. The molecule has 0 unspecified atom stereocenters. The number of carbonyl (C=O) groups excluding carboxylic acids is 1. The predicted octanol–water partition coefficient (Wildman–Crippen LogP) is 2.43. The molecule has 2 N–H and O–H groups in total. The van der Waals surface area contributed by atoms with Gasteiger partial charge in [0.05, 0.1) is 11.0 Å². The summed E-state index contributed by atoms with van der Waals surface area (Å²) in [7, 11) is 0. The number of amides is 1. The van der Waals surface area contributed by atoms with Crippen LogP contribution in [0.4, 0.5) is 0 Å². The van der Waals surface area contributed by atoms with Gasteiger partial charge in [-0.1, -0.05) is 42.5 Å². The molecule has 6 nitrogen and oxygen atoms in total. The average Bonchev–Trinajstić information content (AvgIpc) is 3.17. The van der Waals surface area contributed by atoms with Crippen LogP contribution in [0.1, 0.15) is 17.8 Å². The van der Waals surface area contributed by atoms with Gasteiger partial charge in [0.1, 0.15) is 5.82 Å². The molecule has 1 aliphatic heterocycles. The van der Waals surface area contributed by atoms with Crippen molar-refractivity contribution in [2.45, 2.75) is 19.4 Å². The van der Waals surface area contributed by atoms with E-state index in [1.165, 1.54) is 5.56 Å². The summed E-state index contributed by atoms with van der Waals surface area (Å²) in [6, 6.07) is 18.6. The Kier molecular flexibility index (Phi) is 6.54. The quantitative estimate of drug-likeness (QED) is 0.619. The molecule has 6 heteroatoms. The molecule has 0 radical (unpaired) electrons. The molecular weight excluding hydrogens is 362 g/mol. The fourth-order valence-corrected chi connectivity index (χ4v) is 3.81. The van der Waals surface area contributed by atoms with E-state index in [2.05, 4.69) is 55.4 Å². The highest BCUT2D eigenvalue weighted by Crippen LogP contribution is 2.11. The minimum Gasteiger partial charge on any atom is -0.355 e. The molecular formula is C23H29N5O. The largest absolute Gasteiger partial charge is 0.355 e. The minimum absolute atomic E-state index is 0.0909. The van der Waals surface area contributed by atoms with Gasteiger partial charge in [0.2, 0.25) is 5.91 Å². The van der Waals surface area contributed by atoms with Gasteiger partial charge in [-0.3, -0.25) is 14.6 Å². The zero-order valence-corrected chi connectivity index (χ0v) is 16.8. The standard InChI is InChI=1S/C23H29N5O/c29-23(11-10-22-25-20-8-4-5-9-21(20)26-22)24-12-13-27-14-16-28(17-15-27)18-19-6-2-1-3-7-19/h1-9H,10-18H2,(H,24,29)(H,25,26). The summed E-state index contributed by atoms with van der Waals surface area (Å²) in [6.45, 7) is 6.91. The fraction of sp³-hybridized carbons (Fsp3) is 0.391. The van der Waals surface area contributed by atoms with Gasteiger partial charge in [-0.2, -0.15) is 0 Å². The topological polar surface area (TPSA) is 64.3 Å². The number of aryl methyl sites for hydroxylation is 1. The third kappa shape index (κ3) is 5.65. The van der Waals surface area contributed by atoms with E-state index in [0.29, 0.717) is 19.4 Å². The Morgan fingerprint density at radius 2 is 1.69 bits per heavy atom. The lowest BCUT2D eigenvalue weighted by Crippen LogP contribution is -2.48. The lowest BCUT2D eigenvalue weighted by molar-refractivity contribution is -0.121. The molecule has 0 bridgehead atoms. The molecule has 1 aromatic heterocycles. The van der Waals surface area contributed by atoms with E-state index >= 15 is 0 Å². The van der Waals surface area contributed by atoms with Crippen molar-refractivity contribution in [2.24, 2.45) is 0 Å². The SMILES string of the molecule is O=C(CCc1nc2ccccc2[nH]1)NCCN1CCN(Cc2ccccc2)CC1. The molecule has 29 heavy (non-hydrogen) atoms. The minimum atomic E-state index is 0.0909. The number of hydrogen-bond donors (Lipinski definition) is 2.